The van der Waals surface area contributed by atoms with Gasteiger partial charge < -0.3 is 9.47 Å². The Labute approximate surface area is 121 Å². The molecule has 6 heteroatoms. The standard InChI is InChI=1S/C15H13NO5/c1-20-14-7-3-5-12(9-17)15(14)21-10-11-4-2-6-13(8-11)16(18)19/h2-9H,10H2,1H3. The Hall–Kier alpha value is -2.89. The first-order chi connectivity index (χ1) is 10.2. The summed E-state index contributed by atoms with van der Waals surface area (Å²) in [6.45, 7) is 0.100. The molecule has 0 atom stereocenters. The van der Waals surface area contributed by atoms with Crippen molar-refractivity contribution in [3.05, 3.63) is 63.7 Å². The number of para-hydroxylation sites is 1. The molecule has 0 fully saturated rings. The van der Waals surface area contributed by atoms with Crippen LogP contribution in [0.1, 0.15) is 15.9 Å². The number of ether oxygens (including phenoxy) is 2. The Bertz CT molecular complexity index is 669. The van der Waals surface area contributed by atoms with Gasteiger partial charge in [-0.2, -0.15) is 0 Å². The Morgan fingerprint density at radius 1 is 1.24 bits per heavy atom. The molecule has 2 aromatic rings. The van der Waals surface area contributed by atoms with Gasteiger partial charge in [-0.1, -0.05) is 18.2 Å². The number of hydrogen-bond acceptors (Lipinski definition) is 5. The minimum Gasteiger partial charge on any atom is -0.493 e. The Balaban J connectivity index is 2.22. The summed E-state index contributed by atoms with van der Waals surface area (Å²) >= 11 is 0. The molecule has 108 valence electrons. The van der Waals surface area contributed by atoms with Crippen molar-refractivity contribution in [3.63, 3.8) is 0 Å². The van der Waals surface area contributed by atoms with Crippen molar-refractivity contribution in [2.24, 2.45) is 0 Å². The second kappa shape index (κ2) is 6.51. The highest BCUT2D eigenvalue weighted by Gasteiger charge is 2.11. The zero-order valence-corrected chi connectivity index (χ0v) is 11.3. The van der Waals surface area contributed by atoms with Crippen LogP contribution in [-0.2, 0) is 6.61 Å². The number of carbonyl (C=O) groups excluding carboxylic acids is 1. The molecule has 0 saturated carbocycles. The molecule has 0 aromatic heterocycles. The molecule has 0 aliphatic rings. The van der Waals surface area contributed by atoms with Crippen LogP contribution in [-0.4, -0.2) is 18.3 Å². The molecule has 0 bridgehead atoms. The topological polar surface area (TPSA) is 78.7 Å². The average molecular weight is 287 g/mol. The summed E-state index contributed by atoms with van der Waals surface area (Å²) in [5, 5.41) is 10.7. The maximum atomic E-state index is 11.0. The maximum absolute atomic E-state index is 11.0. The zero-order valence-electron chi connectivity index (χ0n) is 11.3. The minimum absolute atomic E-state index is 0.00765. The SMILES string of the molecule is COc1cccc(C=O)c1OCc1cccc([N+](=O)[O-])c1. The molecular weight excluding hydrogens is 274 g/mol. The summed E-state index contributed by atoms with van der Waals surface area (Å²) in [5.74, 6) is 0.756. The molecule has 0 aliphatic carbocycles. The van der Waals surface area contributed by atoms with E-state index in [0.29, 0.717) is 28.9 Å². The van der Waals surface area contributed by atoms with Crippen LogP contribution >= 0.6 is 0 Å². The third-order valence-electron chi connectivity index (χ3n) is 2.86. The van der Waals surface area contributed by atoms with Gasteiger partial charge in [-0.3, -0.25) is 14.9 Å². The molecular formula is C15H13NO5. The van der Waals surface area contributed by atoms with E-state index in [2.05, 4.69) is 0 Å². The lowest BCUT2D eigenvalue weighted by Gasteiger charge is -2.12. The molecule has 0 aliphatic heterocycles. The predicted molar refractivity (Wildman–Crippen MR) is 75.8 cm³/mol. The van der Waals surface area contributed by atoms with Gasteiger partial charge in [0, 0.05) is 12.1 Å². The van der Waals surface area contributed by atoms with Crippen molar-refractivity contribution >= 4 is 12.0 Å². The lowest BCUT2D eigenvalue weighted by molar-refractivity contribution is -0.384. The highest BCUT2D eigenvalue weighted by atomic mass is 16.6. The third kappa shape index (κ3) is 3.36. The zero-order chi connectivity index (χ0) is 15.2. The summed E-state index contributed by atoms with van der Waals surface area (Å²) in [4.78, 5) is 21.3. The fourth-order valence-corrected chi connectivity index (χ4v) is 1.86. The number of benzene rings is 2. The van der Waals surface area contributed by atoms with E-state index in [9.17, 15) is 14.9 Å². The smallest absolute Gasteiger partial charge is 0.269 e. The quantitative estimate of drug-likeness (QED) is 0.463. The Kier molecular flexibility index (Phi) is 4.50. The number of methoxy groups -OCH3 is 1. The summed E-state index contributed by atoms with van der Waals surface area (Å²) < 4.78 is 10.7. The lowest BCUT2D eigenvalue weighted by atomic mass is 10.2. The largest absolute Gasteiger partial charge is 0.493 e. The van der Waals surface area contributed by atoms with Gasteiger partial charge in [0.15, 0.2) is 17.8 Å². The predicted octanol–water partition coefficient (Wildman–Crippen LogP) is 2.99. The van der Waals surface area contributed by atoms with E-state index in [4.69, 9.17) is 9.47 Å². The highest BCUT2D eigenvalue weighted by Crippen LogP contribution is 2.30. The van der Waals surface area contributed by atoms with Crippen molar-refractivity contribution in [3.8, 4) is 11.5 Å². The van der Waals surface area contributed by atoms with Crippen molar-refractivity contribution in [1.82, 2.24) is 0 Å². The molecule has 0 amide bonds. The molecule has 0 N–H and O–H groups in total. The molecule has 0 radical (unpaired) electrons. The van der Waals surface area contributed by atoms with Crippen LogP contribution in [0.4, 0.5) is 5.69 Å². The van der Waals surface area contributed by atoms with E-state index in [1.54, 1.807) is 30.3 Å². The first kappa shape index (κ1) is 14.5. The second-order valence-corrected chi connectivity index (χ2v) is 4.21. The number of nitrogens with zero attached hydrogens (tertiary/aromatic N) is 1. The molecule has 2 aromatic carbocycles. The van der Waals surface area contributed by atoms with Crippen molar-refractivity contribution < 1.29 is 19.2 Å². The van der Waals surface area contributed by atoms with E-state index in [0.717, 1.165) is 0 Å². The van der Waals surface area contributed by atoms with E-state index in [-0.39, 0.29) is 12.3 Å². The van der Waals surface area contributed by atoms with Crippen molar-refractivity contribution in [2.45, 2.75) is 6.61 Å². The molecule has 6 nitrogen and oxygen atoms in total. The molecule has 21 heavy (non-hydrogen) atoms. The van der Waals surface area contributed by atoms with Gasteiger partial charge in [0.05, 0.1) is 17.6 Å². The Morgan fingerprint density at radius 3 is 2.67 bits per heavy atom. The number of nitro groups is 1. The van der Waals surface area contributed by atoms with Crippen LogP contribution in [0.3, 0.4) is 0 Å². The molecule has 0 heterocycles. The fourth-order valence-electron chi connectivity index (χ4n) is 1.86. The monoisotopic (exact) mass is 287 g/mol. The van der Waals surface area contributed by atoms with E-state index in [1.807, 2.05) is 0 Å². The number of aldehydes is 1. The summed E-state index contributed by atoms with van der Waals surface area (Å²) in [5.41, 5.74) is 0.985. The summed E-state index contributed by atoms with van der Waals surface area (Å²) in [7, 11) is 1.48. The summed E-state index contributed by atoms with van der Waals surface area (Å²) in [6, 6.07) is 11.1. The number of hydrogen-bond donors (Lipinski definition) is 0. The fraction of sp³-hybridized carbons (Fsp3) is 0.133. The van der Waals surface area contributed by atoms with Crippen LogP contribution in [0.15, 0.2) is 42.5 Å². The van der Waals surface area contributed by atoms with Crippen LogP contribution in [0.5, 0.6) is 11.5 Å². The molecule has 2 rings (SSSR count). The van der Waals surface area contributed by atoms with Gasteiger partial charge >= 0.3 is 0 Å². The highest BCUT2D eigenvalue weighted by molar-refractivity contribution is 5.81. The maximum Gasteiger partial charge on any atom is 0.269 e. The number of rotatable bonds is 6. The second-order valence-electron chi connectivity index (χ2n) is 4.21. The number of nitro benzene ring substituents is 1. The van der Waals surface area contributed by atoms with Gasteiger partial charge in [0.25, 0.3) is 5.69 Å². The van der Waals surface area contributed by atoms with E-state index >= 15 is 0 Å². The van der Waals surface area contributed by atoms with E-state index in [1.165, 1.54) is 19.2 Å². The average Bonchev–Trinajstić information content (AvgIpc) is 2.52. The van der Waals surface area contributed by atoms with Crippen LogP contribution in [0.25, 0.3) is 0 Å². The number of carbonyl (C=O) groups is 1. The van der Waals surface area contributed by atoms with Crippen LogP contribution in [0.2, 0.25) is 0 Å². The molecule has 0 spiro atoms. The molecule has 0 saturated heterocycles. The van der Waals surface area contributed by atoms with Crippen LogP contribution < -0.4 is 9.47 Å². The number of non-ortho nitro benzene ring substituents is 1. The first-order valence-corrected chi connectivity index (χ1v) is 6.14. The van der Waals surface area contributed by atoms with Gasteiger partial charge in [0.1, 0.15) is 6.61 Å². The normalized spacial score (nSPS) is 9.95. The van der Waals surface area contributed by atoms with Gasteiger partial charge in [-0.15, -0.1) is 0 Å². The first-order valence-electron chi connectivity index (χ1n) is 6.14. The van der Waals surface area contributed by atoms with Gasteiger partial charge in [-0.25, -0.2) is 0 Å². The van der Waals surface area contributed by atoms with Crippen LogP contribution in [0, 0.1) is 10.1 Å². The minimum atomic E-state index is -0.469. The van der Waals surface area contributed by atoms with Gasteiger partial charge in [-0.05, 0) is 17.7 Å². The van der Waals surface area contributed by atoms with E-state index < -0.39 is 4.92 Å². The van der Waals surface area contributed by atoms with Gasteiger partial charge in [0.2, 0.25) is 0 Å². The Morgan fingerprint density at radius 2 is 2.00 bits per heavy atom. The third-order valence-corrected chi connectivity index (χ3v) is 2.86. The molecule has 0 unspecified atom stereocenters. The summed E-state index contributed by atoms with van der Waals surface area (Å²) in [6.07, 6.45) is 0.672. The van der Waals surface area contributed by atoms with Crippen molar-refractivity contribution in [2.75, 3.05) is 7.11 Å². The van der Waals surface area contributed by atoms with Crippen molar-refractivity contribution in [1.29, 1.82) is 0 Å². The lowest BCUT2D eigenvalue weighted by Crippen LogP contribution is -2.01.